The van der Waals surface area contributed by atoms with Crippen molar-refractivity contribution in [2.45, 2.75) is 45.1 Å². The van der Waals surface area contributed by atoms with Crippen molar-refractivity contribution < 1.29 is 0 Å². The van der Waals surface area contributed by atoms with Crippen LogP contribution in [0.15, 0.2) is 12.5 Å². The van der Waals surface area contributed by atoms with E-state index < -0.39 is 0 Å². The van der Waals surface area contributed by atoms with Crippen LogP contribution in [-0.2, 0) is 6.54 Å². The van der Waals surface area contributed by atoms with Crippen molar-refractivity contribution in [1.29, 1.82) is 0 Å². The van der Waals surface area contributed by atoms with E-state index in [2.05, 4.69) is 28.0 Å². The van der Waals surface area contributed by atoms with Crippen LogP contribution in [0, 0.1) is 11.8 Å². The highest BCUT2D eigenvalue weighted by molar-refractivity contribution is 5.09. The third kappa shape index (κ3) is 2.25. The molecule has 1 N–H and O–H groups in total. The zero-order valence-electron chi connectivity index (χ0n) is 10.7. The Kier molecular flexibility index (Phi) is 3.19. The Morgan fingerprint density at radius 3 is 3.06 bits per heavy atom. The summed E-state index contributed by atoms with van der Waals surface area (Å²) in [6, 6.07) is 0. The van der Waals surface area contributed by atoms with Crippen LogP contribution in [0.2, 0.25) is 0 Å². The Bertz CT molecular complexity index is 365. The Hall–Kier alpha value is -0.830. The Balaban J connectivity index is 1.72. The number of nitrogens with one attached hydrogen (secondary N) is 1. The monoisotopic (exact) mass is 233 g/mol. The molecule has 3 atom stereocenters. The molecule has 1 aliphatic carbocycles. The molecule has 0 bridgehead atoms. The smallest absolute Gasteiger partial charge is 0.0948 e. The average Bonchev–Trinajstić information content (AvgIpc) is 3.02. The number of hydrogen-bond acceptors (Lipinski definition) is 2. The molecule has 3 unspecified atom stereocenters. The Morgan fingerprint density at radius 1 is 1.41 bits per heavy atom. The molecular weight excluding hydrogens is 210 g/mol. The van der Waals surface area contributed by atoms with Gasteiger partial charge in [0.15, 0.2) is 0 Å². The standard InChI is InChI=1S/C14H23N3/c1-11-3-2-4-13(11)9-17-10-16-8-14(17)12-5-6-15-7-12/h8,10-13,15H,2-7,9H2,1H3. The van der Waals surface area contributed by atoms with Crippen LogP contribution in [0.1, 0.15) is 44.2 Å². The van der Waals surface area contributed by atoms with Gasteiger partial charge in [0.25, 0.3) is 0 Å². The third-order valence-electron chi connectivity index (χ3n) is 4.69. The molecule has 0 spiro atoms. The first kappa shape index (κ1) is 11.3. The minimum absolute atomic E-state index is 0.689. The van der Waals surface area contributed by atoms with Gasteiger partial charge < -0.3 is 9.88 Å². The fourth-order valence-electron chi connectivity index (χ4n) is 3.48. The maximum atomic E-state index is 4.37. The van der Waals surface area contributed by atoms with Crippen molar-refractivity contribution >= 4 is 0 Å². The highest BCUT2D eigenvalue weighted by Gasteiger charge is 2.26. The van der Waals surface area contributed by atoms with Crippen molar-refractivity contribution in [1.82, 2.24) is 14.9 Å². The molecule has 2 aliphatic rings. The largest absolute Gasteiger partial charge is 0.334 e. The molecule has 1 aliphatic heterocycles. The Labute approximate surface area is 104 Å². The van der Waals surface area contributed by atoms with Gasteiger partial charge in [-0.25, -0.2) is 4.98 Å². The quantitative estimate of drug-likeness (QED) is 0.869. The molecule has 94 valence electrons. The second-order valence-corrected chi connectivity index (χ2v) is 5.83. The van der Waals surface area contributed by atoms with Crippen LogP contribution in [0.4, 0.5) is 0 Å². The molecule has 3 heteroatoms. The molecular formula is C14H23N3. The van der Waals surface area contributed by atoms with Crippen LogP contribution in [0.5, 0.6) is 0 Å². The number of rotatable bonds is 3. The van der Waals surface area contributed by atoms with Gasteiger partial charge in [-0.1, -0.05) is 19.8 Å². The molecule has 1 saturated carbocycles. The van der Waals surface area contributed by atoms with Gasteiger partial charge in [-0.3, -0.25) is 0 Å². The summed E-state index contributed by atoms with van der Waals surface area (Å²) in [6.45, 7) is 5.89. The van der Waals surface area contributed by atoms with Crippen LogP contribution in [0.3, 0.4) is 0 Å². The lowest BCUT2D eigenvalue weighted by atomic mass is 9.97. The second kappa shape index (κ2) is 4.81. The number of imidazole rings is 1. The first-order valence-corrected chi connectivity index (χ1v) is 7.05. The summed E-state index contributed by atoms with van der Waals surface area (Å²) in [7, 11) is 0. The molecule has 0 radical (unpaired) electrons. The van der Waals surface area contributed by atoms with Gasteiger partial charge in [-0.15, -0.1) is 0 Å². The maximum absolute atomic E-state index is 4.37. The van der Waals surface area contributed by atoms with E-state index in [0.717, 1.165) is 24.9 Å². The average molecular weight is 233 g/mol. The fourth-order valence-corrected chi connectivity index (χ4v) is 3.48. The molecule has 2 fully saturated rings. The zero-order chi connectivity index (χ0) is 11.7. The summed E-state index contributed by atoms with van der Waals surface area (Å²) in [5, 5.41) is 3.45. The van der Waals surface area contributed by atoms with Gasteiger partial charge in [-0.2, -0.15) is 0 Å². The number of aromatic nitrogens is 2. The Morgan fingerprint density at radius 2 is 2.35 bits per heavy atom. The van der Waals surface area contributed by atoms with Crippen LogP contribution in [0.25, 0.3) is 0 Å². The molecule has 1 aromatic heterocycles. The van der Waals surface area contributed by atoms with Crippen LogP contribution < -0.4 is 5.32 Å². The van der Waals surface area contributed by atoms with Crippen LogP contribution in [-0.4, -0.2) is 22.6 Å². The van der Waals surface area contributed by atoms with E-state index in [-0.39, 0.29) is 0 Å². The van der Waals surface area contributed by atoms with Gasteiger partial charge in [0, 0.05) is 30.9 Å². The minimum Gasteiger partial charge on any atom is -0.334 e. The van der Waals surface area contributed by atoms with E-state index >= 15 is 0 Å². The molecule has 17 heavy (non-hydrogen) atoms. The van der Waals surface area contributed by atoms with Crippen molar-refractivity contribution in [3.8, 4) is 0 Å². The van der Waals surface area contributed by atoms with Gasteiger partial charge in [0.05, 0.1) is 6.33 Å². The third-order valence-corrected chi connectivity index (χ3v) is 4.69. The molecule has 3 nitrogen and oxygen atoms in total. The highest BCUT2D eigenvalue weighted by Crippen LogP contribution is 2.33. The number of nitrogens with zero attached hydrogens (tertiary/aromatic N) is 2. The maximum Gasteiger partial charge on any atom is 0.0948 e. The highest BCUT2D eigenvalue weighted by atomic mass is 15.1. The molecule has 0 amide bonds. The molecule has 3 rings (SSSR count). The molecule has 2 heterocycles. The van der Waals surface area contributed by atoms with Gasteiger partial charge in [-0.05, 0) is 31.2 Å². The predicted octanol–water partition coefficient (Wildman–Crippen LogP) is 2.40. The van der Waals surface area contributed by atoms with Crippen molar-refractivity contribution in [2.24, 2.45) is 11.8 Å². The summed E-state index contributed by atoms with van der Waals surface area (Å²) >= 11 is 0. The summed E-state index contributed by atoms with van der Waals surface area (Å²) in [6.07, 6.45) is 9.63. The first-order valence-electron chi connectivity index (χ1n) is 7.05. The van der Waals surface area contributed by atoms with E-state index in [4.69, 9.17) is 0 Å². The first-order chi connectivity index (χ1) is 8.34. The predicted molar refractivity (Wildman–Crippen MR) is 69.0 cm³/mol. The van der Waals surface area contributed by atoms with Gasteiger partial charge in [0.2, 0.25) is 0 Å². The second-order valence-electron chi connectivity index (χ2n) is 5.83. The molecule has 1 saturated heterocycles. The van der Waals surface area contributed by atoms with Crippen molar-refractivity contribution in [2.75, 3.05) is 13.1 Å². The van der Waals surface area contributed by atoms with E-state index in [1.807, 2.05) is 6.33 Å². The molecule has 0 aromatic carbocycles. The van der Waals surface area contributed by atoms with Gasteiger partial charge in [0.1, 0.15) is 0 Å². The SMILES string of the molecule is CC1CCCC1Cn1cncc1C1CCNC1. The number of hydrogen-bond donors (Lipinski definition) is 1. The van der Waals surface area contributed by atoms with Crippen LogP contribution >= 0.6 is 0 Å². The van der Waals surface area contributed by atoms with E-state index in [1.165, 1.54) is 37.9 Å². The summed E-state index contributed by atoms with van der Waals surface area (Å²) in [5.74, 6) is 2.46. The summed E-state index contributed by atoms with van der Waals surface area (Å²) in [4.78, 5) is 4.37. The van der Waals surface area contributed by atoms with E-state index in [0.29, 0.717) is 5.92 Å². The normalized spacial score (nSPS) is 33.4. The lowest BCUT2D eigenvalue weighted by molar-refractivity contribution is 0.357. The zero-order valence-corrected chi connectivity index (χ0v) is 10.7. The minimum atomic E-state index is 0.689. The lowest BCUT2D eigenvalue weighted by Crippen LogP contribution is -2.17. The topological polar surface area (TPSA) is 29.9 Å². The lowest BCUT2D eigenvalue weighted by Gasteiger charge is -2.19. The van der Waals surface area contributed by atoms with E-state index in [1.54, 1.807) is 0 Å². The van der Waals surface area contributed by atoms with Crippen molar-refractivity contribution in [3.05, 3.63) is 18.2 Å². The summed E-state index contributed by atoms with van der Waals surface area (Å²) < 4.78 is 2.42. The molecule has 1 aromatic rings. The van der Waals surface area contributed by atoms with E-state index in [9.17, 15) is 0 Å². The van der Waals surface area contributed by atoms with Crippen molar-refractivity contribution in [3.63, 3.8) is 0 Å². The van der Waals surface area contributed by atoms with Gasteiger partial charge >= 0.3 is 0 Å². The summed E-state index contributed by atoms with van der Waals surface area (Å²) in [5.41, 5.74) is 1.45. The fraction of sp³-hybridized carbons (Fsp3) is 0.786.